The maximum absolute atomic E-state index is 12.2. The van der Waals surface area contributed by atoms with Gasteiger partial charge >= 0.3 is 6.09 Å². The molecule has 1 aliphatic heterocycles. The Hall–Kier alpha value is -2.40. The van der Waals surface area contributed by atoms with Gasteiger partial charge in [-0.3, -0.25) is 8.98 Å². The molecule has 2 unspecified atom stereocenters. The number of aromatic amines is 1. The summed E-state index contributed by atoms with van der Waals surface area (Å²) >= 11 is 0. The van der Waals surface area contributed by atoms with Gasteiger partial charge in [0, 0.05) is 24.4 Å². The van der Waals surface area contributed by atoms with Crippen LogP contribution in [0.5, 0.6) is 0 Å². The monoisotopic (exact) mass is 386 g/mol. The smallest absolute Gasteiger partial charge is 0.410 e. The fraction of sp³-hybridized carbons (Fsp3) is 0.533. The van der Waals surface area contributed by atoms with E-state index < -0.39 is 28.2 Å². The summed E-state index contributed by atoms with van der Waals surface area (Å²) < 4.78 is 32.8. The standard InChI is InChI=1S/C15H22N4O6S/c1-3-4-24-15(21)19-9-12(25-26(2,22)23)6-11(19)5-10-8-17-14(18-10)7-13(16)20/h3,8,11-12H,1,4-7,9H2,2H3,(H2,16,20)(H,17,18). The average Bonchev–Trinajstić information content (AvgIpc) is 3.10. The quantitative estimate of drug-likeness (QED) is 0.462. The van der Waals surface area contributed by atoms with E-state index in [0.29, 0.717) is 24.4 Å². The van der Waals surface area contributed by atoms with Crippen LogP contribution < -0.4 is 5.73 Å². The Morgan fingerprint density at radius 2 is 2.27 bits per heavy atom. The highest BCUT2D eigenvalue weighted by atomic mass is 32.2. The van der Waals surface area contributed by atoms with Gasteiger partial charge in [-0.15, -0.1) is 0 Å². The molecule has 1 aromatic heterocycles. The highest BCUT2D eigenvalue weighted by Gasteiger charge is 2.38. The molecule has 2 rings (SSSR count). The molecule has 26 heavy (non-hydrogen) atoms. The van der Waals surface area contributed by atoms with E-state index in [1.807, 2.05) is 0 Å². The lowest BCUT2D eigenvalue weighted by Gasteiger charge is -2.22. The lowest BCUT2D eigenvalue weighted by molar-refractivity contribution is -0.117. The molecule has 1 saturated heterocycles. The topological polar surface area (TPSA) is 145 Å². The molecule has 0 aliphatic carbocycles. The summed E-state index contributed by atoms with van der Waals surface area (Å²) in [4.78, 5) is 31.6. The van der Waals surface area contributed by atoms with Gasteiger partial charge in [-0.1, -0.05) is 12.7 Å². The van der Waals surface area contributed by atoms with Crippen LogP contribution in [0.25, 0.3) is 0 Å². The van der Waals surface area contributed by atoms with Gasteiger partial charge < -0.3 is 20.4 Å². The molecule has 144 valence electrons. The lowest BCUT2D eigenvalue weighted by Crippen LogP contribution is -2.38. The van der Waals surface area contributed by atoms with Crippen molar-refractivity contribution in [3.05, 3.63) is 30.4 Å². The summed E-state index contributed by atoms with van der Waals surface area (Å²) in [5.41, 5.74) is 5.82. The van der Waals surface area contributed by atoms with Crippen LogP contribution in [0, 0.1) is 0 Å². The Labute approximate surface area is 151 Å². The Balaban J connectivity index is 2.10. The fourth-order valence-corrected chi connectivity index (χ4v) is 3.47. The molecule has 2 heterocycles. The first-order valence-electron chi connectivity index (χ1n) is 7.91. The van der Waals surface area contributed by atoms with Crippen LogP contribution in [-0.4, -0.2) is 66.8 Å². The summed E-state index contributed by atoms with van der Waals surface area (Å²) in [7, 11) is -3.65. The third kappa shape index (κ3) is 5.85. The number of carbonyl (C=O) groups excluding carboxylic acids is 2. The zero-order chi connectivity index (χ0) is 19.3. The van der Waals surface area contributed by atoms with Crippen molar-refractivity contribution < 1.29 is 26.9 Å². The van der Waals surface area contributed by atoms with Crippen molar-refractivity contribution >= 4 is 22.1 Å². The third-order valence-electron chi connectivity index (χ3n) is 3.72. The molecule has 1 fully saturated rings. The van der Waals surface area contributed by atoms with Gasteiger partial charge in [0.15, 0.2) is 0 Å². The number of hydrogen-bond acceptors (Lipinski definition) is 7. The first kappa shape index (κ1) is 19.9. The van der Waals surface area contributed by atoms with Crippen molar-refractivity contribution in [2.45, 2.75) is 31.4 Å². The van der Waals surface area contributed by atoms with Gasteiger partial charge in [-0.25, -0.2) is 9.78 Å². The average molecular weight is 386 g/mol. The molecule has 0 bridgehead atoms. The number of likely N-dealkylation sites (tertiary alicyclic amines) is 1. The van der Waals surface area contributed by atoms with Crippen molar-refractivity contribution in [2.24, 2.45) is 5.73 Å². The van der Waals surface area contributed by atoms with E-state index in [1.54, 1.807) is 6.20 Å². The van der Waals surface area contributed by atoms with Crippen LogP contribution in [0.4, 0.5) is 4.79 Å². The number of carbonyl (C=O) groups is 2. The van der Waals surface area contributed by atoms with E-state index >= 15 is 0 Å². The minimum Gasteiger partial charge on any atom is -0.445 e. The summed E-state index contributed by atoms with van der Waals surface area (Å²) in [6.45, 7) is 3.63. The largest absolute Gasteiger partial charge is 0.445 e. The van der Waals surface area contributed by atoms with E-state index in [2.05, 4.69) is 16.5 Å². The summed E-state index contributed by atoms with van der Waals surface area (Å²) in [6.07, 6.45) is 3.40. The number of ether oxygens (including phenoxy) is 1. The van der Waals surface area contributed by atoms with Crippen LogP contribution in [0.15, 0.2) is 18.9 Å². The number of rotatable bonds is 8. The van der Waals surface area contributed by atoms with E-state index in [9.17, 15) is 18.0 Å². The van der Waals surface area contributed by atoms with Crippen molar-refractivity contribution in [1.82, 2.24) is 14.9 Å². The van der Waals surface area contributed by atoms with Crippen LogP contribution in [0.1, 0.15) is 17.9 Å². The van der Waals surface area contributed by atoms with Gasteiger partial charge in [0.25, 0.3) is 10.1 Å². The van der Waals surface area contributed by atoms with Gasteiger partial charge in [-0.2, -0.15) is 8.42 Å². The first-order valence-corrected chi connectivity index (χ1v) is 9.73. The fourth-order valence-electron chi connectivity index (χ4n) is 2.84. The molecule has 1 aliphatic rings. The van der Waals surface area contributed by atoms with Crippen molar-refractivity contribution in [1.29, 1.82) is 0 Å². The summed E-state index contributed by atoms with van der Waals surface area (Å²) in [5.74, 6) is -0.0850. The molecule has 11 heteroatoms. The Bertz CT molecular complexity index is 775. The maximum atomic E-state index is 12.2. The van der Waals surface area contributed by atoms with Gasteiger partial charge in [0.1, 0.15) is 12.4 Å². The second-order valence-electron chi connectivity index (χ2n) is 6.03. The molecular weight excluding hydrogens is 364 g/mol. The minimum atomic E-state index is -3.65. The van der Waals surface area contributed by atoms with Gasteiger partial charge in [-0.05, 0) is 6.42 Å². The highest BCUT2D eigenvalue weighted by Crippen LogP contribution is 2.25. The highest BCUT2D eigenvalue weighted by molar-refractivity contribution is 7.86. The van der Waals surface area contributed by atoms with Crippen LogP contribution >= 0.6 is 0 Å². The van der Waals surface area contributed by atoms with E-state index in [4.69, 9.17) is 14.7 Å². The number of hydrogen-bond donors (Lipinski definition) is 2. The molecule has 3 N–H and O–H groups in total. The maximum Gasteiger partial charge on any atom is 0.410 e. The number of amides is 2. The molecule has 0 spiro atoms. The first-order chi connectivity index (χ1) is 12.2. The summed E-state index contributed by atoms with van der Waals surface area (Å²) in [5, 5.41) is 0. The minimum absolute atomic E-state index is 0.0183. The summed E-state index contributed by atoms with van der Waals surface area (Å²) in [6, 6.07) is -0.346. The zero-order valence-corrected chi connectivity index (χ0v) is 15.2. The Kier molecular flexibility index (Phi) is 6.37. The number of H-pyrrole nitrogens is 1. The number of aromatic nitrogens is 2. The number of nitrogens with zero attached hydrogens (tertiary/aromatic N) is 2. The molecule has 1 aromatic rings. The number of imidazole rings is 1. The number of nitrogens with one attached hydrogen (secondary N) is 1. The van der Waals surface area contributed by atoms with Crippen LogP contribution in [-0.2, 0) is 36.7 Å². The SMILES string of the molecule is C=CCOC(=O)N1CC(OS(C)(=O)=O)CC1Cc1cnc(CC(N)=O)[nH]1. The number of primary amides is 1. The van der Waals surface area contributed by atoms with Crippen molar-refractivity contribution in [3.8, 4) is 0 Å². The van der Waals surface area contributed by atoms with Gasteiger partial charge in [0.2, 0.25) is 5.91 Å². The Morgan fingerprint density at radius 3 is 2.88 bits per heavy atom. The normalized spacial score (nSPS) is 20.1. The van der Waals surface area contributed by atoms with Crippen LogP contribution in [0.2, 0.25) is 0 Å². The molecule has 10 nitrogen and oxygen atoms in total. The molecule has 2 atom stereocenters. The molecule has 0 radical (unpaired) electrons. The molecule has 0 saturated carbocycles. The van der Waals surface area contributed by atoms with E-state index in [1.165, 1.54) is 11.0 Å². The van der Waals surface area contributed by atoms with E-state index in [0.717, 1.165) is 6.26 Å². The lowest BCUT2D eigenvalue weighted by atomic mass is 10.1. The second-order valence-corrected chi connectivity index (χ2v) is 7.63. The van der Waals surface area contributed by atoms with E-state index in [-0.39, 0.29) is 25.6 Å². The second kappa shape index (κ2) is 8.32. The van der Waals surface area contributed by atoms with Crippen molar-refractivity contribution in [3.63, 3.8) is 0 Å². The third-order valence-corrected chi connectivity index (χ3v) is 4.35. The molecule has 0 aromatic carbocycles. The predicted octanol–water partition coefficient (Wildman–Crippen LogP) is -0.278. The van der Waals surface area contributed by atoms with Crippen LogP contribution in [0.3, 0.4) is 0 Å². The molecule has 2 amide bonds. The number of nitrogens with two attached hydrogens (primary N) is 1. The molecular formula is C15H22N4O6S. The Morgan fingerprint density at radius 1 is 1.54 bits per heavy atom. The van der Waals surface area contributed by atoms with Gasteiger partial charge in [0.05, 0.1) is 25.3 Å². The zero-order valence-electron chi connectivity index (χ0n) is 14.4. The predicted molar refractivity (Wildman–Crippen MR) is 91.6 cm³/mol. The van der Waals surface area contributed by atoms with Crippen molar-refractivity contribution in [2.75, 3.05) is 19.4 Å².